The first-order chi connectivity index (χ1) is 12.7. The number of aryl methyl sites for hydroxylation is 1. The average molecular weight is 376 g/mol. The summed E-state index contributed by atoms with van der Waals surface area (Å²) in [6, 6.07) is 6.48. The van der Waals surface area contributed by atoms with E-state index >= 15 is 0 Å². The third-order valence-corrected chi connectivity index (χ3v) is 4.55. The summed E-state index contributed by atoms with van der Waals surface area (Å²) >= 11 is 0. The van der Waals surface area contributed by atoms with Crippen molar-refractivity contribution >= 4 is 17.8 Å². The van der Waals surface area contributed by atoms with Crippen molar-refractivity contribution in [1.82, 2.24) is 10.2 Å². The van der Waals surface area contributed by atoms with Crippen molar-refractivity contribution in [2.45, 2.75) is 52.4 Å². The maximum Gasteiger partial charge on any atom is 0.334 e. The SMILES string of the molecule is Cc1ccccc1C(=O)NC(CC(C)C)C(=O)N1CC(C(=O)O)O[C@H](C)C1. The predicted octanol–water partition coefficient (Wildman–Crippen LogP) is 1.84. The van der Waals surface area contributed by atoms with Crippen LogP contribution in [-0.2, 0) is 14.3 Å². The van der Waals surface area contributed by atoms with Gasteiger partial charge in [0, 0.05) is 12.1 Å². The Labute approximate surface area is 159 Å². The fraction of sp³-hybridized carbons (Fsp3) is 0.550. The number of benzene rings is 1. The molecule has 0 spiro atoms. The molecule has 0 aromatic heterocycles. The van der Waals surface area contributed by atoms with Gasteiger partial charge in [-0.2, -0.15) is 0 Å². The van der Waals surface area contributed by atoms with Gasteiger partial charge in [-0.25, -0.2) is 4.79 Å². The zero-order valence-corrected chi connectivity index (χ0v) is 16.3. The molecule has 1 fully saturated rings. The average Bonchev–Trinajstić information content (AvgIpc) is 2.59. The summed E-state index contributed by atoms with van der Waals surface area (Å²) in [4.78, 5) is 38.5. The minimum absolute atomic E-state index is 0.0205. The number of amides is 2. The number of carbonyl (C=O) groups is 3. The van der Waals surface area contributed by atoms with Gasteiger partial charge in [0.1, 0.15) is 6.04 Å². The van der Waals surface area contributed by atoms with Crippen molar-refractivity contribution < 1.29 is 24.2 Å². The van der Waals surface area contributed by atoms with E-state index < -0.39 is 18.1 Å². The summed E-state index contributed by atoms with van der Waals surface area (Å²) in [6.45, 7) is 7.81. The first-order valence-corrected chi connectivity index (χ1v) is 9.22. The highest BCUT2D eigenvalue weighted by Gasteiger charge is 2.36. The smallest absolute Gasteiger partial charge is 0.334 e. The number of morpholine rings is 1. The van der Waals surface area contributed by atoms with Crippen LogP contribution in [0.5, 0.6) is 0 Å². The van der Waals surface area contributed by atoms with Gasteiger partial charge in [0.25, 0.3) is 5.91 Å². The van der Waals surface area contributed by atoms with E-state index in [2.05, 4.69) is 5.32 Å². The molecule has 1 aliphatic rings. The van der Waals surface area contributed by atoms with E-state index in [9.17, 15) is 19.5 Å². The molecule has 0 bridgehead atoms. The molecular formula is C20H28N2O5. The van der Waals surface area contributed by atoms with Gasteiger partial charge in [0.15, 0.2) is 6.10 Å². The number of carbonyl (C=O) groups excluding carboxylic acids is 2. The largest absolute Gasteiger partial charge is 0.479 e. The second kappa shape index (κ2) is 8.99. The van der Waals surface area contributed by atoms with E-state index in [0.29, 0.717) is 18.5 Å². The monoisotopic (exact) mass is 376 g/mol. The van der Waals surface area contributed by atoms with Crippen LogP contribution >= 0.6 is 0 Å². The maximum absolute atomic E-state index is 13.1. The molecule has 7 nitrogen and oxygen atoms in total. The molecule has 2 N–H and O–H groups in total. The highest BCUT2D eigenvalue weighted by Crippen LogP contribution is 2.16. The fourth-order valence-corrected chi connectivity index (χ4v) is 3.24. The lowest BCUT2D eigenvalue weighted by molar-refractivity contribution is -0.167. The van der Waals surface area contributed by atoms with Crippen molar-refractivity contribution in [3.63, 3.8) is 0 Å². The van der Waals surface area contributed by atoms with Crippen LogP contribution in [0.25, 0.3) is 0 Å². The first-order valence-electron chi connectivity index (χ1n) is 9.22. The normalized spacial score (nSPS) is 21.0. The van der Waals surface area contributed by atoms with Crippen molar-refractivity contribution in [3.05, 3.63) is 35.4 Å². The van der Waals surface area contributed by atoms with Crippen LogP contribution in [0, 0.1) is 12.8 Å². The number of hydrogen-bond acceptors (Lipinski definition) is 4. The number of aliphatic carboxylic acids is 1. The van der Waals surface area contributed by atoms with Gasteiger partial charge in [0.2, 0.25) is 5.91 Å². The van der Waals surface area contributed by atoms with Crippen molar-refractivity contribution in [2.75, 3.05) is 13.1 Å². The fourth-order valence-electron chi connectivity index (χ4n) is 3.24. The van der Waals surface area contributed by atoms with Gasteiger partial charge >= 0.3 is 5.97 Å². The quantitative estimate of drug-likeness (QED) is 0.790. The number of rotatable bonds is 6. The maximum atomic E-state index is 13.1. The highest BCUT2D eigenvalue weighted by atomic mass is 16.5. The van der Waals surface area contributed by atoms with Crippen LogP contribution in [0.2, 0.25) is 0 Å². The van der Waals surface area contributed by atoms with Crippen molar-refractivity contribution in [1.29, 1.82) is 0 Å². The Hall–Kier alpha value is -2.41. The van der Waals surface area contributed by atoms with E-state index in [0.717, 1.165) is 5.56 Å². The number of nitrogens with one attached hydrogen (secondary N) is 1. The van der Waals surface area contributed by atoms with Gasteiger partial charge in [0.05, 0.1) is 12.6 Å². The molecule has 2 amide bonds. The van der Waals surface area contributed by atoms with Gasteiger partial charge in [-0.3, -0.25) is 9.59 Å². The zero-order valence-electron chi connectivity index (χ0n) is 16.3. The zero-order chi connectivity index (χ0) is 20.1. The third kappa shape index (κ3) is 5.53. The molecule has 27 heavy (non-hydrogen) atoms. The molecule has 148 valence electrons. The Morgan fingerprint density at radius 1 is 1.26 bits per heavy atom. The van der Waals surface area contributed by atoms with Gasteiger partial charge < -0.3 is 20.1 Å². The van der Waals surface area contributed by atoms with E-state index in [4.69, 9.17) is 4.74 Å². The molecule has 1 aromatic carbocycles. The Bertz CT molecular complexity index is 703. The molecule has 7 heteroatoms. The minimum Gasteiger partial charge on any atom is -0.479 e. The summed E-state index contributed by atoms with van der Waals surface area (Å²) in [5, 5.41) is 12.1. The van der Waals surface area contributed by atoms with E-state index in [1.807, 2.05) is 32.9 Å². The summed E-state index contributed by atoms with van der Waals surface area (Å²) in [7, 11) is 0. The summed E-state index contributed by atoms with van der Waals surface area (Å²) in [5.41, 5.74) is 1.36. The van der Waals surface area contributed by atoms with Crippen LogP contribution in [0.3, 0.4) is 0 Å². The first kappa shape index (κ1) is 20.9. The highest BCUT2D eigenvalue weighted by molar-refractivity contribution is 5.98. The molecule has 3 atom stereocenters. The summed E-state index contributed by atoms with van der Waals surface area (Å²) in [5.74, 6) is -1.48. The third-order valence-electron chi connectivity index (χ3n) is 4.55. The predicted molar refractivity (Wildman–Crippen MR) is 100 cm³/mol. The van der Waals surface area contributed by atoms with Crippen LogP contribution in [0.15, 0.2) is 24.3 Å². The van der Waals surface area contributed by atoms with Crippen molar-refractivity contribution in [2.24, 2.45) is 5.92 Å². The second-order valence-electron chi connectivity index (χ2n) is 7.49. The molecule has 2 rings (SSSR count). The number of nitrogens with zero attached hydrogens (tertiary/aromatic N) is 1. The van der Waals surface area contributed by atoms with Crippen LogP contribution in [0.1, 0.15) is 43.1 Å². The van der Waals surface area contributed by atoms with Crippen LogP contribution in [0.4, 0.5) is 0 Å². The molecule has 1 heterocycles. The van der Waals surface area contributed by atoms with Crippen LogP contribution < -0.4 is 5.32 Å². The number of carboxylic acids is 1. The van der Waals surface area contributed by atoms with Gasteiger partial charge in [-0.15, -0.1) is 0 Å². The lowest BCUT2D eigenvalue weighted by Gasteiger charge is -2.37. The van der Waals surface area contributed by atoms with Gasteiger partial charge in [-0.05, 0) is 37.8 Å². The standard InChI is InChI=1S/C20H28N2O5/c1-12(2)9-16(21-18(23)15-8-6-5-7-13(15)3)19(24)22-10-14(4)27-17(11-22)20(25)26/h5-8,12,14,16-17H,9-11H2,1-4H3,(H,21,23)(H,25,26)/t14-,16?,17?/m1/s1. The topological polar surface area (TPSA) is 95.9 Å². The van der Waals surface area contributed by atoms with Gasteiger partial charge in [-0.1, -0.05) is 32.0 Å². The molecular weight excluding hydrogens is 348 g/mol. The number of ether oxygens (including phenoxy) is 1. The Balaban J connectivity index is 2.17. The summed E-state index contributed by atoms with van der Waals surface area (Å²) in [6.07, 6.45) is -0.958. The van der Waals surface area contributed by atoms with E-state index in [1.54, 1.807) is 19.1 Å². The minimum atomic E-state index is -1.09. The molecule has 1 aliphatic heterocycles. The molecule has 1 saturated heterocycles. The Morgan fingerprint density at radius 3 is 2.52 bits per heavy atom. The number of carboxylic acid groups (broad SMARTS) is 1. The van der Waals surface area contributed by atoms with E-state index in [1.165, 1.54) is 4.90 Å². The Kier molecular flexibility index (Phi) is 6.96. The van der Waals surface area contributed by atoms with Crippen LogP contribution in [-0.4, -0.2) is 59.1 Å². The number of hydrogen-bond donors (Lipinski definition) is 2. The van der Waals surface area contributed by atoms with Crippen molar-refractivity contribution in [3.8, 4) is 0 Å². The lowest BCUT2D eigenvalue weighted by Crippen LogP contribution is -2.57. The van der Waals surface area contributed by atoms with E-state index in [-0.39, 0.29) is 30.4 Å². The molecule has 2 unspecified atom stereocenters. The summed E-state index contributed by atoms with van der Waals surface area (Å²) < 4.78 is 5.37. The second-order valence-corrected chi connectivity index (χ2v) is 7.49. The molecule has 0 saturated carbocycles. The molecule has 0 radical (unpaired) electrons. The molecule has 0 aliphatic carbocycles. The molecule has 1 aromatic rings. The lowest BCUT2D eigenvalue weighted by atomic mass is 10.0. The Morgan fingerprint density at radius 2 is 1.93 bits per heavy atom.